The van der Waals surface area contributed by atoms with Crippen LogP contribution in [0.1, 0.15) is 12.6 Å². The summed E-state index contributed by atoms with van der Waals surface area (Å²) < 4.78 is 7.14. The zero-order valence-electron chi connectivity index (χ0n) is 17.7. The first kappa shape index (κ1) is 21.7. The molecular formula is C22H20N6O6. The molecule has 174 valence electrons. The highest BCUT2D eigenvalue weighted by atomic mass is 16.6. The number of rotatable bonds is 6. The van der Waals surface area contributed by atoms with Crippen LogP contribution in [0.15, 0.2) is 59.7 Å². The lowest BCUT2D eigenvalue weighted by molar-refractivity contribution is -0.383. The highest BCUT2D eigenvalue weighted by molar-refractivity contribution is 5.77. The molecule has 0 spiro atoms. The minimum Gasteiger partial charge on any atom is -0.394 e. The van der Waals surface area contributed by atoms with Crippen LogP contribution in [0.5, 0.6) is 0 Å². The van der Waals surface area contributed by atoms with E-state index in [9.17, 15) is 25.1 Å². The average molecular weight is 464 g/mol. The van der Waals surface area contributed by atoms with Crippen molar-refractivity contribution in [1.29, 1.82) is 0 Å². The van der Waals surface area contributed by atoms with Crippen LogP contribution in [0.4, 0.5) is 17.3 Å². The van der Waals surface area contributed by atoms with Crippen LogP contribution in [0, 0.1) is 10.1 Å². The maximum atomic E-state index is 12.6. The average Bonchev–Trinajstić information content (AvgIpc) is 3.42. The summed E-state index contributed by atoms with van der Waals surface area (Å²) >= 11 is 0. The molecular weight excluding hydrogens is 444 g/mol. The summed E-state index contributed by atoms with van der Waals surface area (Å²) in [5.74, 6) is -0.0233. The number of hydrogen-bond donors (Lipinski definition) is 4. The Kier molecular flexibility index (Phi) is 5.53. The molecule has 0 radical (unpaired) electrons. The number of anilines is 2. The zero-order valence-corrected chi connectivity index (χ0v) is 17.7. The molecule has 4 N–H and O–H groups in total. The number of H-pyrrole nitrogens is 1. The van der Waals surface area contributed by atoms with E-state index in [0.29, 0.717) is 0 Å². The Balaban J connectivity index is 1.54. The van der Waals surface area contributed by atoms with Gasteiger partial charge in [-0.05, 0) is 23.3 Å². The van der Waals surface area contributed by atoms with Gasteiger partial charge in [0.2, 0.25) is 5.95 Å². The number of imidazole rings is 1. The quantitative estimate of drug-likeness (QED) is 0.246. The fraction of sp³-hybridized carbons (Fsp3) is 0.227. The van der Waals surface area contributed by atoms with Gasteiger partial charge in [-0.25, -0.2) is 4.98 Å². The summed E-state index contributed by atoms with van der Waals surface area (Å²) in [6, 6.07) is 14.0. The number of aliphatic hydroxyl groups excluding tert-OH is 2. The number of ether oxygens (including phenoxy) is 1. The van der Waals surface area contributed by atoms with Crippen LogP contribution in [-0.4, -0.2) is 53.5 Å². The molecule has 12 heteroatoms. The van der Waals surface area contributed by atoms with Gasteiger partial charge in [0.25, 0.3) is 11.2 Å². The van der Waals surface area contributed by atoms with E-state index in [1.807, 2.05) is 30.3 Å². The minimum absolute atomic E-state index is 0.0233. The molecule has 1 saturated heterocycles. The van der Waals surface area contributed by atoms with Crippen molar-refractivity contribution in [3.63, 3.8) is 0 Å². The standard InChI is InChI=1S/C22H20N6O6/c29-10-17-16(30)9-18(34-17)27-11-23-19-20(27)25-22(26-21(19)31)24-14-8-13(6-7-15(14)28(32)33)12-4-2-1-3-5-12/h1-8,11,16-18,29-30H,9-10H2,(H2,24,25,26,31). The maximum Gasteiger partial charge on any atom is 0.292 e. The summed E-state index contributed by atoms with van der Waals surface area (Å²) in [4.78, 5) is 34.8. The van der Waals surface area contributed by atoms with E-state index in [4.69, 9.17) is 4.74 Å². The molecule has 12 nitrogen and oxygen atoms in total. The second-order valence-electron chi connectivity index (χ2n) is 7.83. The smallest absolute Gasteiger partial charge is 0.292 e. The van der Waals surface area contributed by atoms with Gasteiger partial charge in [-0.3, -0.25) is 24.5 Å². The molecule has 1 aliphatic rings. The third-order valence-corrected chi connectivity index (χ3v) is 5.68. The molecule has 1 fully saturated rings. The largest absolute Gasteiger partial charge is 0.394 e. The van der Waals surface area contributed by atoms with Gasteiger partial charge in [0.05, 0.1) is 24.0 Å². The highest BCUT2D eigenvalue weighted by Crippen LogP contribution is 2.33. The first-order valence-corrected chi connectivity index (χ1v) is 10.5. The number of nitrogens with one attached hydrogen (secondary N) is 2. The summed E-state index contributed by atoms with van der Waals surface area (Å²) in [5, 5.41) is 33.9. The number of hydrogen-bond acceptors (Lipinski definition) is 9. The van der Waals surface area contributed by atoms with Crippen molar-refractivity contribution >= 4 is 28.5 Å². The molecule has 0 amide bonds. The second kappa shape index (κ2) is 8.67. The van der Waals surface area contributed by atoms with Gasteiger partial charge in [-0.15, -0.1) is 0 Å². The lowest BCUT2D eigenvalue weighted by atomic mass is 10.0. The van der Waals surface area contributed by atoms with E-state index in [1.165, 1.54) is 17.0 Å². The fourth-order valence-corrected chi connectivity index (χ4v) is 3.98. The molecule has 3 heterocycles. The van der Waals surface area contributed by atoms with Crippen molar-refractivity contribution in [3.8, 4) is 11.1 Å². The number of nitrogens with zero attached hydrogens (tertiary/aromatic N) is 4. The number of aromatic nitrogens is 4. The first-order chi connectivity index (χ1) is 16.4. The highest BCUT2D eigenvalue weighted by Gasteiger charge is 2.35. The number of nitro benzene ring substituents is 1. The Hall–Kier alpha value is -4.13. The third kappa shape index (κ3) is 3.90. The molecule has 0 saturated carbocycles. The fourth-order valence-electron chi connectivity index (χ4n) is 3.98. The van der Waals surface area contributed by atoms with Crippen molar-refractivity contribution in [1.82, 2.24) is 19.5 Å². The Bertz CT molecular complexity index is 1420. The Morgan fingerprint density at radius 3 is 2.74 bits per heavy atom. The van der Waals surface area contributed by atoms with Gasteiger partial charge in [-0.2, -0.15) is 4.98 Å². The molecule has 5 rings (SSSR count). The molecule has 0 aliphatic carbocycles. The van der Waals surface area contributed by atoms with Crippen molar-refractivity contribution in [3.05, 3.63) is 75.3 Å². The van der Waals surface area contributed by atoms with E-state index in [0.717, 1.165) is 11.1 Å². The minimum atomic E-state index is -0.879. The van der Waals surface area contributed by atoms with E-state index >= 15 is 0 Å². The Morgan fingerprint density at radius 2 is 2.03 bits per heavy atom. The Labute approximate surface area is 191 Å². The summed E-state index contributed by atoms with van der Waals surface area (Å²) in [5.41, 5.74) is 1.23. The molecule has 2 aromatic carbocycles. The van der Waals surface area contributed by atoms with E-state index in [1.54, 1.807) is 12.1 Å². The lowest BCUT2D eigenvalue weighted by Gasteiger charge is -2.14. The van der Waals surface area contributed by atoms with Crippen LogP contribution in [0.2, 0.25) is 0 Å². The van der Waals surface area contributed by atoms with Crippen molar-refractivity contribution in [2.24, 2.45) is 0 Å². The van der Waals surface area contributed by atoms with Crippen molar-refractivity contribution in [2.45, 2.75) is 24.9 Å². The van der Waals surface area contributed by atoms with E-state index < -0.39 is 28.9 Å². The van der Waals surface area contributed by atoms with Gasteiger partial charge in [0.15, 0.2) is 11.2 Å². The zero-order chi connectivity index (χ0) is 23.8. The van der Waals surface area contributed by atoms with E-state index in [2.05, 4.69) is 20.3 Å². The molecule has 34 heavy (non-hydrogen) atoms. The van der Waals surface area contributed by atoms with Crippen LogP contribution < -0.4 is 10.9 Å². The molecule has 4 aromatic rings. The third-order valence-electron chi connectivity index (χ3n) is 5.68. The molecule has 0 bridgehead atoms. The summed E-state index contributed by atoms with van der Waals surface area (Å²) in [7, 11) is 0. The predicted octanol–water partition coefficient (Wildman–Crippen LogP) is 2.08. The molecule has 1 aliphatic heterocycles. The number of nitro groups is 1. The normalized spacial score (nSPS) is 20.0. The number of benzene rings is 2. The molecule has 3 unspecified atom stereocenters. The maximum absolute atomic E-state index is 12.6. The molecule has 2 aromatic heterocycles. The predicted molar refractivity (Wildman–Crippen MR) is 122 cm³/mol. The molecule has 3 atom stereocenters. The van der Waals surface area contributed by atoms with Crippen molar-refractivity contribution < 1.29 is 19.9 Å². The Morgan fingerprint density at radius 1 is 1.24 bits per heavy atom. The van der Waals surface area contributed by atoms with Gasteiger partial charge < -0.3 is 20.3 Å². The van der Waals surface area contributed by atoms with Gasteiger partial charge in [0.1, 0.15) is 18.0 Å². The number of aliphatic hydroxyl groups is 2. The van der Waals surface area contributed by atoms with Gasteiger partial charge in [0, 0.05) is 12.5 Å². The number of fused-ring (bicyclic) bond motifs is 1. The van der Waals surface area contributed by atoms with E-state index in [-0.39, 0.29) is 41.5 Å². The second-order valence-corrected chi connectivity index (χ2v) is 7.83. The van der Waals surface area contributed by atoms with Crippen molar-refractivity contribution in [2.75, 3.05) is 11.9 Å². The van der Waals surface area contributed by atoms with Crippen LogP contribution in [0.25, 0.3) is 22.3 Å². The van der Waals surface area contributed by atoms with Crippen LogP contribution in [0.3, 0.4) is 0 Å². The monoisotopic (exact) mass is 464 g/mol. The first-order valence-electron chi connectivity index (χ1n) is 10.5. The summed E-state index contributed by atoms with van der Waals surface area (Å²) in [6.07, 6.45) is -0.777. The van der Waals surface area contributed by atoms with Crippen LogP contribution in [-0.2, 0) is 4.74 Å². The van der Waals surface area contributed by atoms with Gasteiger partial charge in [-0.1, -0.05) is 30.3 Å². The lowest BCUT2D eigenvalue weighted by Crippen LogP contribution is -2.24. The number of aromatic amines is 1. The van der Waals surface area contributed by atoms with Crippen LogP contribution >= 0.6 is 0 Å². The topological polar surface area (TPSA) is 168 Å². The summed E-state index contributed by atoms with van der Waals surface area (Å²) in [6.45, 7) is -0.355. The SMILES string of the molecule is O=c1[nH]c(Nc2cc(-c3ccccc3)ccc2[N+](=O)[O-])nc2c1ncn2C1CC(O)C(CO)O1. The van der Waals surface area contributed by atoms with Gasteiger partial charge >= 0.3 is 0 Å².